The molecule has 0 fully saturated rings. The maximum Gasteiger partial charge on any atom is 0.191 e. The van der Waals surface area contributed by atoms with Crippen molar-refractivity contribution in [3.8, 4) is 5.75 Å². The highest BCUT2D eigenvalue weighted by atomic mass is 16.5. The second-order valence-electron chi connectivity index (χ2n) is 5.27. The largest absolute Gasteiger partial charge is 0.494 e. The zero-order valence-corrected chi connectivity index (χ0v) is 15.4. The molecule has 0 atom stereocenters. The summed E-state index contributed by atoms with van der Waals surface area (Å²) in [6, 6.07) is 6.21. The van der Waals surface area contributed by atoms with Gasteiger partial charge in [0.25, 0.3) is 0 Å². The molecule has 2 N–H and O–H groups in total. The molecular weight excluding hydrogens is 306 g/mol. The van der Waals surface area contributed by atoms with Crippen LogP contribution in [0.5, 0.6) is 5.75 Å². The van der Waals surface area contributed by atoms with Crippen LogP contribution in [0.25, 0.3) is 0 Å². The van der Waals surface area contributed by atoms with Crippen molar-refractivity contribution < 1.29 is 14.2 Å². The number of hydrogen-bond donors (Lipinski definition) is 2. The number of rotatable bonds is 11. The Hall–Kier alpha value is -1.79. The van der Waals surface area contributed by atoms with E-state index in [9.17, 15) is 0 Å². The topological polar surface area (TPSA) is 64.1 Å². The number of methoxy groups -OCH3 is 1. The summed E-state index contributed by atoms with van der Waals surface area (Å²) < 4.78 is 16.1. The van der Waals surface area contributed by atoms with E-state index in [2.05, 4.69) is 40.7 Å². The molecule has 0 saturated heterocycles. The first-order valence-electron chi connectivity index (χ1n) is 8.52. The molecular formula is C18H31N3O3. The van der Waals surface area contributed by atoms with Crippen LogP contribution in [-0.4, -0.2) is 52.6 Å². The van der Waals surface area contributed by atoms with Gasteiger partial charge in [0.2, 0.25) is 0 Å². The van der Waals surface area contributed by atoms with E-state index in [1.807, 2.05) is 13.8 Å². The number of nitrogens with one attached hydrogen (secondary N) is 2. The van der Waals surface area contributed by atoms with E-state index in [0.717, 1.165) is 23.8 Å². The summed E-state index contributed by atoms with van der Waals surface area (Å²) in [5, 5.41) is 6.50. The van der Waals surface area contributed by atoms with Crippen molar-refractivity contribution in [1.29, 1.82) is 0 Å². The molecule has 0 amide bonds. The Morgan fingerprint density at radius 1 is 1.12 bits per heavy atom. The van der Waals surface area contributed by atoms with Crippen LogP contribution in [0.2, 0.25) is 0 Å². The Morgan fingerprint density at radius 2 is 1.96 bits per heavy atom. The number of aliphatic imine (C=N–C) groups is 1. The number of ether oxygens (including phenoxy) is 3. The molecule has 0 bridgehead atoms. The lowest BCUT2D eigenvalue weighted by atomic mass is 10.1. The second-order valence-corrected chi connectivity index (χ2v) is 5.27. The van der Waals surface area contributed by atoms with Crippen LogP contribution in [0.1, 0.15) is 25.0 Å². The summed E-state index contributed by atoms with van der Waals surface area (Å²) in [6.07, 6.45) is 0. The van der Waals surface area contributed by atoms with Gasteiger partial charge in [-0.3, -0.25) is 0 Å². The summed E-state index contributed by atoms with van der Waals surface area (Å²) >= 11 is 0. The summed E-state index contributed by atoms with van der Waals surface area (Å²) in [6.45, 7) is 10.6. The Balaban J connectivity index is 2.55. The molecule has 0 heterocycles. The average molecular weight is 337 g/mol. The molecule has 0 aliphatic rings. The van der Waals surface area contributed by atoms with Gasteiger partial charge < -0.3 is 24.8 Å². The SMILES string of the molecule is CCNC(=NCc1ccc(C)cc1OCC)NCCOCCOC. The number of guanidine groups is 1. The highest BCUT2D eigenvalue weighted by molar-refractivity contribution is 5.79. The number of hydrogen-bond acceptors (Lipinski definition) is 4. The number of nitrogens with zero attached hydrogens (tertiary/aromatic N) is 1. The van der Waals surface area contributed by atoms with Gasteiger partial charge in [0, 0.05) is 25.8 Å². The summed E-state index contributed by atoms with van der Waals surface area (Å²) in [5.41, 5.74) is 2.26. The third-order valence-corrected chi connectivity index (χ3v) is 3.24. The molecule has 1 aromatic carbocycles. The van der Waals surface area contributed by atoms with Gasteiger partial charge in [-0.25, -0.2) is 4.99 Å². The molecule has 6 heteroatoms. The van der Waals surface area contributed by atoms with Gasteiger partial charge in [0.05, 0.1) is 33.0 Å². The molecule has 0 aromatic heterocycles. The smallest absolute Gasteiger partial charge is 0.191 e. The van der Waals surface area contributed by atoms with Gasteiger partial charge in [-0.05, 0) is 32.4 Å². The molecule has 0 unspecified atom stereocenters. The molecule has 0 saturated carbocycles. The third kappa shape index (κ3) is 8.17. The fourth-order valence-electron chi connectivity index (χ4n) is 2.07. The number of aryl methyl sites for hydroxylation is 1. The minimum absolute atomic E-state index is 0.565. The molecule has 1 aromatic rings. The van der Waals surface area contributed by atoms with Crippen LogP contribution in [-0.2, 0) is 16.0 Å². The van der Waals surface area contributed by atoms with Crippen molar-refractivity contribution in [2.75, 3.05) is 46.6 Å². The van der Waals surface area contributed by atoms with E-state index in [1.165, 1.54) is 5.56 Å². The molecule has 6 nitrogen and oxygen atoms in total. The molecule has 0 radical (unpaired) electrons. The van der Waals surface area contributed by atoms with E-state index in [0.29, 0.717) is 39.5 Å². The maximum absolute atomic E-state index is 5.70. The van der Waals surface area contributed by atoms with Crippen molar-refractivity contribution in [3.63, 3.8) is 0 Å². The highest BCUT2D eigenvalue weighted by Crippen LogP contribution is 2.21. The first kappa shape index (κ1) is 20.3. The van der Waals surface area contributed by atoms with Crippen LogP contribution in [0.15, 0.2) is 23.2 Å². The van der Waals surface area contributed by atoms with Crippen LogP contribution in [0, 0.1) is 6.92 Å². The predicted octanol–water partition coefficient (Wildman–Crippen LogP) is 2.11. The van der Waals surface area contributed by atoms with E-state index >= 15 is 0 Å². The standard InChI is InChI=1S/C18H31N3O3/c1-5-19-18(20-9-10-23-12-11-22-4)21-14-16-8-7-15(3)13-17(16)24-6-2/h7-8,13H,5-6,9-12,14H2,1-4H3,(H2,19,20,21). The lowest BCUT2D eigenvalue weighted by molar-refractivity contribution is 0.0733. The van der Waals surface area contributed by atoms with E-state index in [-0.39, 0.29) is 0 Å². The predicted molar refractivity (Wildman–Crippen MR) is 97.9 cm³/mol. The Kier molecular flexibility index (Phi) is 10.6. The fraction of sp³-hybridized carbons (Fsp3) is 0.611. The molecule has 0 spiro atoms. The van der Waals surface area contributed by atoms with Gasteiger partial charge in [0.1, 0.15) is 5.75 Å². The monoisotopic (exact) mass is 337 g/mol. The zero-order chi connectivity index (χ0) is 17.6. The second kappa shape index (κ2) is 12.6. The first-order valence-corrected chi connectivity index (χ1v) is 8.52. The Bertz CT molecular complexity index is 492. The van der Waals surface area contributed by atoms with Crippen molar-refractivity contribution >= 4 is 5.96 Å². The van der Waals surface area contributed by atoms with Gasteiger partial charge in [0.15, 0.2) is 5.96 Å². The van der Waals surface area contributed by atoms with Gasteiger partial charge in [-0.2, -0.15) is 0 Å². The highest BCUT2D eigenvalue weighted by Gasteiger charge is 2.04. The molecule has 0 aliphatic heterocycles. The minimum atomic E-state index is 0.565. The minimum Gasteiger partial charge on any atom is -0.494 e. The van der Waals surface area contributed by atoms with Gasteiger partial charge >= 0.3 is 0 Å². The third-order valence-electron chi connectivity index (χ3n) is 3.24. The van der Waals surface area contributed by atoms with Crippen molar-refractivity contribution in [2.24, 2.45) is 4.99 Å². The lowest BCUT2D eigenvalue weighted by Gasteiger charge is -2.13. The van der Waals surface area contributed by atoms with Gasteiger partial charge in [-0.1, -0.05) is 12.1 Å². The van der Waals surface area contributed by atoms with E-state index in [4.69, 9.17) is 14.2 Å². The van der Waals surface area contributed by atoms with Crippen LogP contribution < -0.4 is 15.4 Å². The van der Waals surface area contributed by atoms with Crippen molar-refractivity contribution in [2.45, 2.75) is 27.3 Å². The van der Waals surface area contributed by atoms with Crippen LogP contribution in [0.3, 0.4) is 0 Å². The summed E-state index contributed by atoms with van der Waals surface area (Å²) in [7, 11) is 1.67. The average Bonchev–Trinajstić information content (AvgIpc) is 2.57. The molecule has 1 rings (SSSR count). The molecule has 0 aliphatic carbocycles. The summed E-state index contributed by atoms with van der Waals surface area (Å²) in [5.74, 6) is 1.68. The van der Waals surface area contributed by atoms with Crippen LogP contribution >= 0.6 is 0 Å². The Morgan fingerprint density at radius 3 is 2.67 bits per heavy atom. The van der Waals surface area contributed by atoms with E-state index in [1.54, 1.807) is 7.11 Å². The summed E-state index contributed by atoms with van der Waals surface area (Å²) in [4.78, 5) is 4.62. The van der Waals surface area contributed by atoms with Crippen molar-refractivity contribution in [3.05, 3.63) is 29.3 Å². The quantitative estimate of drug-likeness (QED) is 0.368. The van der Waals surface area contributed by atoms with Crippen LogP contribution in [0.4, 0.5) is 0 Å². The Labute approximate surface area is 145 Å². The van der Waals surface area contributed by atoms with Crippen molar-refractivity contribution in [1.82, 2.24) is 10.6 Å². The fourth-order valence-corrected chi connectivity index (χ4v) is 2.07. The number of benzene rings is 1. The van der Waals surface area contributed by atoms with Gasteiger partial charge in [-0.15, -0.1) is 0 Å². The molecule has 24 heavy (non-hydrogen) atoms. The molecule has 136 valence electrons. The normalized spacial score (nSPS) is 11.4. The zero-order valence-electron chi connectivity index (χ0n) is 15.4. The maximum atomic E-state index is 5.70. The lowest BCUT2D eigenvalue weighted by Crippen LogP contribution is -2.39. The van der Waals surface area contributed by atoms with E-state index < -0.39 is 0 Å². The first-order chi connectivity index (χ1) is 11.7.